The van der Waals surface area contributed by atoms with Gasteiger partial charge in [0, 0.05) is 12.1 Å². The molecule has 1 unspecified atom stereocenters. The Balaban J connectivity index is 1.33. The largest absolute Gasteiger partial charge is 0.493 e. The summed E-state index contributed by atoms with van der Waals surface area (Å²) in [5, 5.41) is 14.1. The van der Waals surface area contributed by atoms with Crippen molar-refractivity contribution in [2.45, 2.75) is 44.6 Å². The Bertz CT molecular complexity index is 1060. The van der Waals surface area contributed by atoms with Crippen molar-refractivity contribution in [2.24, 2.45) is 11.7 Å². The van der Waals surface area contributed by atoms with Crippen molar-refractivity contribution < 1.29 is 9.26 Å². The average Bonchev–Trinajstić information content (AvgIpc) is 3.52. The molecule has 1 aliphatic heterocycles. The highest BCUT2D eigenvalue weighted by molar-refractivity contribution is 5.87. The lowest BCUT2D eigenvalue weighted by molar-refractivity contribution is 0.252. The van der Waals surface area contributed by atoms with Gasteiger partial charge in [-0.2, -0.15) is 4.98 Å². The third-order valence-electron chi connectivity index (χ3n) is 6.32. The Hall–Kier alpha value is -3.09. The molecule has 2 aromatic carbocycles. The van der Waals surface area contributed by atoms with Crippen molar-refractivity contribution in [3.63, 3.8) is 0 Å². The number of ether oxygens (including phenoxy) is 1. The molecule has 1 atom stereocenters. The zero-order valence-electron chi connectivity index (χ0n) is 17.0. The monoisotopic (exact) mass is 405 g/mol. The molecule has 1 saturated heterocycles. The second-order valence-electron chi connectivity index (χ2n) is 8.38. The third-order valence-corrected chi connectivity index (χ3v) is 6.32. The minimum absolute atomic E-state index is 0.0499. The number of rotatable bonds is 5. The Labute approximate surface area is 175 Å². The Morgan fingerprint density at radius 3 is 2.73 bits per heavy atom. The minimum atomic E-state index is -0.108. The normalized spacial score (nSPS) is 19.6. The maximum absolute atomic E-state index is 7.73. The number of benzene rings is 2. The van der Waals surface area contributed by atoms with Crippen LogP contribution in [0, 0.1) is 11.3 Å². The predicted molar refractivity (Wildman–Crippen MR) is 115 cm³/mol. The number of nitrogens with zero attached hydrogens (tertiary/aromatic N) is 3. The molecule has 1 saturated carbocycles. The first-order valence-corrected chi connectivity index (χ1v) is 10.8. The molecule has 1 aliphatic carbocycles. The first kappa shape index (κ1) is 18.9. The van der Waals surface area contributed by atoms with E-state index in [2.05, 4.69) is 34.4 Å². The summed E-state index contributed by atoms with van der Waals surface area (Å²) in [5.74, 6) is 2.76. The second-order valence-corrected chi connectivity index (χ2v) is 8.38. The first-order chi connectivity index (χ1) is 14.7. The van der Waals surface area contributed by atoms with Crippen molar-refractivity contribution in [1.29, 1.82) is 5.41 Å². The van der Waals surface area contributed by atoms with Gasteiger partial charge in [-0.05, 0) is 60.6 Å². The standard InChI is InChI=1S/C23H27N5O2/c24-23(25)28-11-3-6-20(28)22-26-21(27-30-22)18-8-7-17-13-19(10-9-16(17)12-18)29-14-15-4-1-2-5-15/h7-10,12-13,15,20H,1-6,11,14H2,(H3,24,25). The maximum Gasteiger partial charge on any atom is 0.249 e. The molecule has 2 heterocycles. The molecule has 2 fully saturated rings. The van der Waals surface area contributed by atoms with E-state index in [1.807, 2.05) is 17.0 Å². The average molecular weight is 406 g/mol. The molecule has 3 aromatic rings. The van der Waals surface area contributed by atoms with Crippen LogP contribution in [-0.4, -0.2) is 34.2 Å². The van der Waals surface area contributed by atoms with E-state index in [1.165, 1.54) is 25.7 Å². The summed E-state index contributed by atoms with van der Waals surface area (Å²) in [5.41, 5.74) is 6.59. The molecular formula is C23H27N5O2. The summed E-state index contributed by atoms with van der Waals surface area (Å²) < 4.78 is 11.6. The number of likely N-dealkylation sites (tertiary alicyclic amines) is 1. The van der Waals surface area contributed by atoms with Gasteiger partial charge in [0.15, 0.2) is 5.96 Å². The van der Waals surface area contributed by atoms with E-state index in [0.29, 0.717) is 17.6 Å². The summed E-state index contributed by atoms with van der Waals surface area (Å²) in [6, 6.07) is 12.3. The van der Waals surface area contributed by atoms with E-state index >= 15 is 0 Å². The Morgan fingerprint density at radius 2 is 1.90 bits per heavy atom. The molecular weight excluding hydrogens is 378 g/mol. The third kappa shape index (κ3) is 3.72. The van der Waals surface area contributed by atoms with E-state index in [4.69, 9.17) is 20.4 Å². The minimum Gasteiger partial charge on any atom is -0.493 e. The van der Waals surface area contributed by atoms with Gasteiger partial charge in [0.1, 0.15) is 11.8 Å². The topological polar surface area (TPSA) is 101 Å². The Morgan fingerprint density at radius 1 is 1.10 bits per heavy atom. The molecule has 7 heteroatoms. The highest BCUT2D eigenvalue weighted by Crippen LogP contribution is 2.32. The fraction of sp³-hybridized carbons (Fsp3) is 0.435. The quantitative estimate of drug-likeness (QED) is 0.479. The fourth-order valence-electron chi connectivity index (χ4n) is 4.64. The number of hydrogen-bond acceptors (Lipinski definition) is 5. The zero-order chi connectivity index (χ0) is 20.5. The molecule has 30 heavy (non-hydrogen) atoms. The number of aromatic nitrogens is 2. The van der Waals surface area contributed by atoms with Crippen molar-refractivity contribution >= 4 is 16.7 Å². The molecule has 0 bridgehead atoms. The second kappa shape index (κ2) is 7.97. The Kier molecular flexibility index (Phi) is 5.02. The van der Waals surface area contributed by atoms with Crippen molar-refractivity contribution in [3.8, 4) is 17.1 Å². The molecule has 2 aliphatic rings. The van der Waals surface area contributed by atoms with Crippen LogP contribution < -0.4 is 10.5 Å². The number of guanidine groups is 1. The predicted octanol–water partition coefficient (Wildman–Crippen LogP) is 4.49. The van der Waals surface area contributed by atoms with E-state index < -0.39 is 0 Å². The lowest BCUT2D eigenvalue weighted by Crippen LogP contribution is -2.35. The van der Waals surface area contributed by atoms with Crippen molar-refractivity contribution in [3.05, 3.63) is 42.3 Å². The van der Waals surface area contributed by atoms with Gasteiger partial charge in [-0.25, -0.2) is 0 Å². The van der Waals surface area contributed by atoms with Gasteiger partial charge in [0.25, 0.3) is 0 Å². The highest BCUT2D eigenvalue weighted by Gasteiger charge is 2.31. The molecule has 0 radical (unpaired) electrons. The van der Waals surface area contributed by atoms with Crippen LogP contribution in [0.15, 0.2) is 40.9 Å². The van der Waals surface area contributed by atoms with Crippen LogP contribution in [0.4, 0.5) is 0 Å². The van der Waals surface area contributed by atoms with Crippen LogP contribution in [0.5, 0.6) is 5.75 Å². The van der Waals surface area contributed by atoms with Crippen LogP contribution in [0.2, 0.25) is 0 Å². The molecule has 0 spiro atoms. The summed E-state index contributed by atoms with van der Waals surface area (Å²) in [4.78, 5) is 6.41. The summed E-state index contributed by atoms with van der Waals surface area (Å²) in [6.07, 6.45) is 7.06. The zero-order valence-corrected chi connectivity index (χ0v) is 17.0. The van der Waals surface area contributed by atoms with Crippen molar-refractivity contribution in [2.75, 3.05) is 13.2 Å². The van der Waals surface area contributed by atoms with Crippen LogP contribution >= 0.6 is 0 Å². The number of nitrogens with two attached hydrogens (primary N) is 1. The summed E-state index contributed by atoms with van der Waals surface area (Å²) >= 11 is 0. The summed E-state index contributed by atoms with van der Waals surface area (Å²) in [6.45, 7) is 1.56. The summed E-state index contributed by atoms with van der Waals surface area (Å²) in [7, 11) is 0. The molecule has 7 nitrogen and oxygen atoms in total. The van der Waals surface area contributed by atoms with E-state index in [9.17, 15) is 0 Å². The molecule has 1 aromatic heterocycles. The van der Waals surface area contributed by atoms with Gasteiger partial charge < -0.3 is 19.9 Å². The molecule has 156 valence electrons. The lowest BCUT2D eigenvalue weighted by atomic mass is 10.1. The number of fused-ring (bicyclic) bond motifs is 1. The SMILES string of the molecule is N=C(N)N1CCCC1c1nc(-c2ccc3cc(OCC4CCCC4)ccc3c2)no1. The van der Waals surface area contributed by atoms with Crippen LogP contribution in [0.25, 0.3) is 22.2 Å². The van der Waals surface area contributed by atoms with Crippen LogP contribution in [0.3, 0.4) is 0 Å². The van der Waals surface area contributed by atoms with Gasteiger partial charge in [0.2, 0.25) is 11.7 Å². The fourth-order valence-corrected chi connectivity index (χ4v) is 4.64. The molecule has 3 N–H and O–H groups in total. The highest BCUT2D eigenvalue weighted by atomic mass is 16.5. The van der Waals surface area contributed by atoms with E-state index in [1.54, 1.807) is 0 Å². The molecule has 0 amide bonds. The lowest BCUT2D eigenvalue weighted by Gasteiger charge is -2.21. The maximum atomic E-state index is 7.73. The van der Waals surface area contributed by atoms with Gasteiger partial charge >= 0.3 is 0 Å². The number of hydrogen-bond donors (Lipinski definition) is 2. The van der Waals surface area contributed by atoms with E-state index in [-0.39, 0.29) is 12.0 Å². The van der Waals surface area contributed by atoms with Crippen LogP contribution in [-0.2, 0) is 0 Å². The van der Waals surface area contributed by atoms with Crippen molar-refractivity contribution in [1.82, 2.24) is 15.0 Å². The van der Waals surface area contributed by atoms with E-state index in [0.717, 1.165) is 48.1 Å². The van der Waals surface area contributed by atoms with Gasteiger partial charge in [-0.15, -0.1) is 0 Å². The van der Waals surface area contributed by atoms with Gasteiger partial charge in [-0.1, -0.05) is 36.2 Å². The smallest absolute Gasteiger partial charge is 0.249 e. The van der Waals surface area contributed by atoms with Gasteiger partial charge in [-0.3, -0.25) is 5.41 Å². The first-order valence-electron chi connectivity index (χ1n) is 10.8. The van der Waals surface area contributed by atoms with Crippen LogP contribution in [0.1, 0.15) is 50.5 Å². The number of nitrogens with one attached hydrogen (secondary N) is 1. The van der Waals surface area contributed by atoms with Gasteiger partial charge in [0.05, 0.1) is 6.61 Å². The molecule has 5 rings (SSSR count).